The molecule has 160 valence electrons. The third-order valence-electron chi connectivity index (χ3n) is 5.30. The molecule has 7 heteroatoms. The van der Waals surface area contributed by atoms with E-state index in [9.17, 15) is 4.79 Å². The lowest BCUT2D eigenvalue weighted by atomic mass is 9.99. The van der Waals surface area contributed by atoms with Crippen molar-refractivity contribution in [1.29, 1.82) is 0 Å². The van der Waals surface area contributed by atoms with Gasteiger partial charge in [-0.05, 0) is 42.7 Å². The quantitative estimate of drug-likeness (QED) is 0.428. The van der Waals surface area contributed by atoms with Crippen LogP contribution in [-0.4, -0.2) is 47.3 Å². The normalized spacial score (nSPS) is 12.9. The highest BCUT2D eigenvalue weighted by Crippen LogP contribution is 2.33. The summed E-state index contributed by atoms with van der Waals surface area (Å²) in [5.41, 5.74) is 5.09. The first-order chi connectivity index (χ1) is 15.1. The fourth-order valence-corrected chi connectivity index (χ4v) is 4.48. The molecule has 6 nitrogen and oxygen atoms in total. The van der Waals surface area contributed by atoms with Gasteiger partial charge in [-0.3, -0.25) is 4.79 Å². The summed E-state index contributed by atoms with van der Waals surface area (Å²) in [4.78, 5) is 23.9. The number of carbonyl (C=O) groups is 1. The van der Waals surface area contributed by atoms with Crippen molar-refractivity contribution in [2.24, 2.45) is 0 Å². The molecule has 0 bridgehead atoms. The molecular formula is C24H25N3O3S. The first-order valence-corrected chi connectivity index (χ1v) is 11.1. The second-order valence-electron chi connectivity index (χ2n) is 7.37. The zero-order chi connectivity index (χ0) is 21.8. The molecule has 1 aliphatic rings. The molecule has 1 aliphatic heterocycles. The molecule has 0 spiro atoms. The summed E-state index contributed by atoms with van der Waals surface area (Å²) in [6.45, 7) is 3.20. The van der Waals surface area contributed by atoms with Crippen LogP contribution in [0.3, 0.4) is 0 Å². The van der Waals surface area contributed by atoms with Crippen molar-refractivity contribution in [3.63, 3.8) is 0 Å². The maximum absolute atomic E-state index is 12.9. The number of fused-ring (bicyclic) bond motifs is 1. The van der Waals surface area contributed by atoms with E-state index in [4.69, 9.17) is 9.47 Å². The number of ether oxygens (including phenoxy) is 2. The molecule has 1 aromatic heterocycles. The summed E-state index contributed by atoms with van der Waals surface area (Å²) in [6, 6.07) is 15.9. The van der Waals surface area contributed by atoms with Gasteiger partial charge in [-0.25, -0.2) is 9.97 Å². The monoisotopic (exact) mass is 435 g/mol. The van der Waals surface area contributed by atoms with Crippen LogP contribution in [0.4, 0.5) is 0 Å². The van der Waals surface area contributed by atoms with Gasteiger partial charge >= 0.3 is 0 Å². The minimum atomic E-state index is 0.0804. The van der Waals surface area contributed by atoms with Crippen LogP contribution in [0.2, 0.25) is 0 Å². The number of aryl methyl sites for hydroxylation is 1. The summed E-state index contributed by atoms with van der Waals surface area (Å²) >= 11 is 1.38. The number of benzene rings is 2. The van der Waals surface area contributed by atoms with Crippen molar-refractivity contribution in [1.82, 2.24) is 14.9 Å². The first kappa shape index (κ1) is 21.2. The molecule has 2 aromatic carbocycles. The molecule has 31 heavy (non-hydrogen) atoms. The lowest BCUT2D eigenvalue weighted by molar-refractivity contribution is -0.129. The number of hydrogen-bond donors (Lipinski definition) is 0. The number of aromatic nitrogens is 2. The molecule has 0 unspecified atom stereocenters. The fourth-order valence-electron chi connectivity index (χ4n) is 3.68. The molecule has 4 rings (SSSR count). The Morgan fingerprint density at radius 3 is 2.45 bits per heavy atom. The Kier molecular flexibility index (Phi) is 6.42. The number of thioether (sulfide) groups is 1. The standard InChI is InChI=1S/C24H25N3O3S/c1-16-11-20(17-7-5-4-6-8-17)26-24(25-16)31-15-23(28)27-10-9-18-12-21(29-2)22(30-3)13-19(18)14-27/h4-8,11-13H,9-10,14-15H2,1-3H3. The SMILES string of the molecule is COc1cc2c(cc1OC)CN(C(=O)CSc1nc(C)cc(-c3ccccc3)n1)CC2. The second kappa shape index (κ2) is 9.39. The average Bonchev–Trinajstić information content (AvgIpc) is 2.81. The number of methoxy groups -OCH3 is 2. The zero-order valence-corrected chi connectivity index (χ0v) is 18.7. The van der Waals surface area contributed by atoms with Gasteiger partial charge in [0, 0.05) is 24.3 Å². The van der Waals surface area contributed by atoms with Gasteiger partial charge in [0.25, 0.3) is 0 Å². The predicted octanol–water partition coefficient (Wildman–Crippen LogP) is 4.15. The van der Waals surface area contributed by atoms with E-state index in [1.54, 1.807) is 14.2 Å². The molecule has 0 atom stereocenters. The number of rotatable bonds is 6. The Hall–Kier alpha value is -3.06. The molecule has 2 heterocycles. The van der Waals surface area contributed by atoms with Crippen LogP contribution in [-0.2, 0) is 17.8 Å². The third-order valence-corrected chi connectivity index (χ3v) is 6.13. The van der Waals surface area contributed by atoms with Crippen molar-refractivity contribution in [3.05, 3.63) is 65.4 Å². The predicted molar refractivity (Wildman–Crippen MR) is 122 cm³/mol. The van der Waals surface area contributed by atoms with Crippen LogP contribution >= 0.6 is 11.8 Å². The molecule has 0 aliphatic carbocycles. The summed E-state index contributed by atoms with van der Waals surface area (Å²) in [5, 5.41) is 0.621. The van der Waals surface area contributed by atoms with Crippen LogP contribution in [0.1, 0.15) is 16.8 Å². The van der Waals surface area contributed by atoms with Gasteiger partial charge in [0.2, 0.25) is 5.91 Å². The Balaban J connectivity index is 1.44. The highest BCUT2D eigenvalue weighted by atomic mass is 32.2. The smallest absolute Gasteiger partial charge is 0.233 e. The van der Waals surface area contributed by atoms with Crippen molar-refractivity contribution in [2.75, 3.05) is 26.5 Å². The lowest BCUT2D eigenvalue weighted by Crippen LogP contribution is -2.37. The van der Waals surface area contributed by atoms with E-state index >= 15 is 0 Å². The average molecular weight is 436 g/mol. The Morgan fingerprint density at radius 2 is 1.74 bits per heavy atom. The molecule has 3 aromatic rings. The number of nitrogens with zero attached hydrogens (tertiary/aromatic N) is 3. The Labute approximate surface area is 186 Å². The highest BCUT2D eigenvalue weighted by molar-refractivity contribution is 7.99. The molecule has 0 saturated carbocycles. The van der Waals surface area contributed by atoms with Crippen molar-refractivity contribution < 1.29 is 14.3 Å². The molecule has 1 amide bonds. The van der Waals surface area contributed by atoms with E-state index in [-0.39, 0.29) is 5.91 Å². The van der Waals surface area contributed by atoms with Crippen LogP contribution in [0.5, 0.6) is 11.5 Å². The van der Waals surface area contributed by atoms with Gasteiger partial charge in [-0.15, -0.1) is 0 Å². The first-order valence-electron chi connectivity index (χ1n) is 10.1. The lowest BCUT2D eigenvalue weighted by Gasteiger charge is -2.29. The Bertz CT molecular complexity index is 1090. The van der Waals surface area contributed by atoms with Crippen LogP contribution in [0, 0.1) is 6.92 Å². The number of carbonyl (C=O) groups excluding carboxylic acids is 1. The maximum Gasteiger partial charge on any atom is 0.233 e. The van der Waals surface area contributed by atoms with Crippen molar-refractivity contribution >= 4 is 17.7 Å². The largest absolute Gasteiger partial charge is 0.493 e. The van der Waals surface area contributed by atoms with Gasteiger partial charge in [0.15, 0.2) is 16.7 Å². The second-order valence-corrected chi connectivity index (χ2v) is 8.32. The van der Waals surface area contributed by atoms with Gasteiger partial charge in [0.1, 0.15) is 0 Å². The van der Waals surface area contributed by atoms with Crippen LogP contribution in [0.15, 0.2) is 53.7 Å². The summed E-state index contributed by atoms with van der Waals surface area (Å²) in [6.07, 6.45) is 0.797. The van der Waals surface area contributed by atoms with Crippen LogP contribution < -0.4 is 9.47 Å². The van der Waals surface area contributed by atoms with E-state index in [0.717, 1.165) is 34.7 Å². The maximum atomic E-state index is 12.9. The van der Waals surface area contributed by atoms with Crippen LogP contribution in [0.25, 0.3) is 11.3 Å². The summed E-state index contributed by atoms with van der Waals surface area (Å²) in [7, 11) is 3.26. The molecular weight excluding hydrogens is 410 g/mol. The van der Waals surface area contributed by atoms with E-state index in [2.05, 4.69) is 9.97 Å². The minimum Gasteiger partial charge on any atom is -0.493 e. The molecule has 0 N–H and O–H groups in total. The minimum absolute atomic E-state index is 0.0804. The van der Waals surface area contributed by atoms with Crippen molar-refractivity contribution in [3.8, 4) is 22.8 Å². The molecule has 0 radical (unpaired) electrons. The third kappa shape index (κ3) is 4.82. The van der Waals surface area contributed by atoms with Crippen molar-refractivity contribution in [2.45, 2.75) is 25.0 Å². The van der Waals surface area contributed by atoms with E-state index < -0.39 is 0 Å². The van der Waals surface area contributed by atoms with Gasteiger partial charge in [0.05, 0.1) is 25.7 Å². The highest BCUT2D eigenvalue weighted by Gasteiger charge is 2.23. The number of amides is 1. The van der Waals surface area contributed by atoms with Gasteiger partial charge < -0.3 is 14.4 Å². The van der Waals surface area contributed by atoms with Gasteiger partial charge in [-0.2, -0.15) is 0 Å². The summed E-state index contributed by atoms with van der Waals surface area (Å²) < 4.78 is 10.8. The Morgan fingerprint density at radius 1 is 1.03 bits per heavy atom. The molecule has 0 fully saturated rings. The van der Waals surface area contributed by atoms with E-state index in [1.165, 1.54) is 17.3 Å². The summed E-state index contributed by atoms with van der Waals surface area (Å²) in [5.74, 6) is 1.80. The zero-order valence-electron chi connectivity index (χ0n) is 17.9. The number of hydrogen-bond acceptors (Lipinski definition) is 6. The molecule has 0 saturated heterocycles. The van der Waals surface area contributed by atoms with Gasteiger partial charge in [-0.1, -0.05) is 42.1 Å². The van der Waals surface area contributed by atoms with E-state index in [0.29, 0.717) is 29.7 Å². The fraction of sp³-hybridized carbons (Fsp3) is 0.292. The topological polar surface area (TPSA) is 64.6 Å². The van der Waals surface area contributed by atoms with E-state index in [1.807, 2.05) is 60.4 Å².